The smallest absolute Gasteiger partial charge is 0.254 e. The zero-order chi connectivity index (χ0) is 28.1. The van der Waals surface area contributed by atoms with Gasteiger partial charge >= 0.3 is 0 Å². The molecule has 0 bridgehead atoms. The lowest BCUT2D eigenvalue weighted by atomic mass is 9.67. The van der Waals surface area contributed by atoms with Crippen molar-refractivity contribution in [2.24, 2.45) is 5.41 Å². The quantitative estimate of drug-likeness (QED) is 0.506. The number of fused-ring (bicyclic) bond motifs is 2. The number of benzene rings is 2. The summed E-state index contributed by atoms with van der Waals surface area (Å²) in [5, 5.41) is 24.5. The number of nitrogens with zero attached hydrogens (tertiary/aromatic N) is 2. The van der Waals surface area contributed by atoms with Gasteiger partial charge in [0, 0.05) is 55.3 Å². The fourth-order valence-electron chi connectivity index (χ4n) is 7.56. The summed E-state index contributed by atoms with van der Waals surface area (Å²) in [7, 11) is 0. The fraction of sp³-hybridized carbons (Fsp3) is 0.576. The Morgan fingerprint density at radius 1 is 1.05 bits per heavy atom. The monoisotopic (exact) mass is 581 g/mol. The minimum Gasteiger partial charge on any atom is -0.393 e. The second-order valence-corrected chi connectivity index (χ2v) is 13.4. The van der Waals surface area contributed by atoms with Gasteiger partial charge in [-0.3, -0.25) is 9.59 Å². The molecule has 0 radical (unpaired) electrons. The van der Waals surface area contributed by atoms with Crippen molar-refractivity contribution in [3.05, 3.63) is 70.3 Å². The number of carbonyl (C=O) groups excluding carboxylic acids is 2. The SMILES string of the molecule is CC1(C)CN(C[C@@H](O)[C@@H]2Cc3ccccc3CN2)C(=O)c2ccc(C(=O)N3CCC4(CCC(O)CC4)CC3)cc21.Cl. The summed E-state index contributed by atoms with van der Waals surface area (Å²) in [6.07, 6.45) is 5.77. The summed E-state index contributed by atoms with van der Waals surface area (Å²) in [6, 6.07) is 13.7. The van der Waals surface area contributed by atoms with Crippen LogP contribution < -0.4 is 5.32 Å². The Morgan fingerprint density at radius 3 is 2.44 bits per heavy atom. The van der Waals surface area contributed by atoms with Crippen LogP contribution in [-0.4, -0.2) is 76.3 Å². The highest BCUT2D eigenvalue weighted by Gasteiger charge is 2.41. The zero-order valence-electron chi connectivity index (χ0n) is 24.3. The summed E-state index contributed by atoms with van der Waals surface area (Å²) in [5.41, 5.74) is 4.63. The highest BCUT2D eigenvalue weighted by atomic mass is 35.5. The van der Waals surface area contributed by atoms with E-state index in [0.717, 1.165) is 70.1 Å². The fourth-order valence-corrected chi connectivity index (χ4v) is 7.56. The summed E-state index contributed by atoms with van der Waals surface area (Å²) in [5.74, 6) is -0.0405. The number of hydrogen-bond acceptors (Lipinski definition) is 5. The van der Waals surface area contributed by atoms with Crippen LogP contribution in [0.5, 0.6) is 0 Å². The molecule has 2 aromatic rings. The maximum atomic E-state index is 13.6. The van der Waals surface area contributed by atoms with E-state index >= 15 is 0 Å². The van der Waals surface area contributed by atoms with E-state index in [2.05, 4.69) is 31.3 Å². The van der Waals surface area contributed by atoms with E-state index in [1.165, 1.54) is 11.1 Å². The summed E-state index contributed by atoms with van der Waals surface area (Å²) in [6.45, 7) is 7.22. The van der Waals surface area contributed by atoms with Crippen molar-refractivity contribution in [1.82, 2.24) is 15.1 Å². The van der Waals surface area contributed by atoms with E-state index in [1.54, 1.807) is 11.0 Å². The van der Waals surface area contributed by atoms with Crippen molar-refractivity contribution in [2.75, 3.05) is 26.2 Å². The van der Waals surface area contributed by atoms with Crippen molar-refractivity contribution in [2.45, 2.75) is 89.0 Å². The highest BCUT2D eigenvalue weighted by Crippen LogP contribution is 2.45. The third-order valence-corrected chi connectivity index (χ3v) is 10.2. The van der Waals surface area contributed by atoms with Crippen LogP contribution in [0.1, 0.15) is 89.8 Å². The Hall–Kier alpha value is -2.45. The lowest BCUT2D eigenvalue weighted by molar-refractivity contribution is 0.0168. The predicted octanol–water partition coefficient (Wildman–Crippen LogP) is 4.07. The van der Waals surface area contributed by atoms with Crippen molar-refractivity contribution in [1.29, 1.82) is 0 Å². The third-order valence-electron chi connectivity index (χ3n) is 10.2. The molecule has 2 fully saturated rings. The molecule has 2 aromatic carbocycles. The molecule has 8 heteroatoms. The second-order valence-electron chi connectivity index (χ2n) is 13.4. The van der Waals surface area contributed by atoms with Crippen LogP contribution in [0.15, 0.2) is 42.5 Å². The Kier molecular flexibility index (Phi) is 8.55. The van der Waals surface area contributed by atoms with Gasteiger partial charge in [0.25, 0.3) is 11.8 Å². The van der Waals surface area contributed by atoms with Gasteiger partial charge in [0.1, 0.15) is 0 Å². The molecule has 0 aromatic heterocycles. The summed E-state index contributed by atoms with van der Waals surface area (Å²) >= 11 is 0. The van der Waals surface area contributed by atoms with Crippen LogP contribution in [0.2, 0.25) is 0 Å². The summed E-state index contributed by atoms with van der Waals surface area (Å²) < 4.78 is 0. The van der Waals surface area contributed by atoms with Gasteiger partial charge in [0.15, 0.2) is 0 Å². The van der Waals surface area contributed by atoms with Crippen LogP contribution >= 0.6 is 12.4 Å². The number of β-amino-alcohol motifs (C(OH)–C–C–N with tert-alkyl or cyclic N) is 1. The maximum absolute atomic E-state index is 13.6. The Labute approximate surface area is 249 Å². The van der Waals surface area contributed by atoms with Gasteiger partial charge in [-0.2, -0.15) is 0 Å². The molecule has 1 saturated carbocycles. The number of aliphatic hydroxyl groups is 2. The molecule has 41 heavy (non-hydrogen) atoms. The number of halogens is 1. The average Bonchev–Trinajstić information content (AvgIpc) is 2.97. The van der Waals surface area contributed by atoms with Gasteiger partial charge < -0.3 is 25.3 Å². The van der Waals surface area contributed by atoms with Crippen molar-refractivity contribution >= 4 is 24.2 Å². The lowest BCUT2D eigenvalue weighted by Gasteiger charge is -2.45. The summed E-state index contributed by atoms with van der Waals surface area (Å²) in [4.78, 5) is 30.8. The van der Waals surface area contributed by atoms with Gasteiger partial charge in [-0.25, -0.2) is 0 Å². The Bertz CT molecular complexity index is 1280. The molecule has 2 amide bonds. The molecule has 7 nitrogen and oxygen atoms in total. The standard InChI is InChI=1S/C33H43N3O4.ClH/c1-32(2)21-36(20-29(38)28-18-22-5-3-4-6-24(22)19-34-28)31(40)26-8-7-23(17-27(26)32)30(39)35-15-13-33(14-16-35)11-9-25(37)10-12-33;/h3-8,17,25,28-29,34,37-38H,9-16,18-21H2,1-2H3;1H/t28-,29+;/m0./s1. The lowest BCUT2D eigenvalue weighted by Crippen LogP contribution is -2.54. The first kappa shape index (κ1) is 30.0. The number of nitrogens with one attached hydrogen (secondary N) is 1. The van der Waals surface area contributed by atoms with E-state index in [9.17, 15) is 19.8 Å². The second kappa shape index (κ2) is 11.7. The highest BCUT2D eigenvalue weighted by molar-refractivity contribution is 6.00. The van der Waals surface area contributed by atoms with Gasteiger partial charge in [-0.05, 0) is 85.3 Å². The first-order valence-electron chi connectivity index (χ1n) is 15.0. The first-order valence-corrected chi connectivity index (χ1v) is 15.0. The normalized spacial score (nSPS) is 24.3. The molecule has 1 aliphatic carbocycles. The number of rotatable bonds is 4. The number of hydrogen-bond donors (Lipinski definition) is 3. The molecule has 3 heterocycles. The zero-order valence-corrected chi connectivity index (χ0v) is 25.1. The molecule has 1 saturated heterocycles. The van der Waals surface area contributed by atoms with Crippen molar-refractivity contribution < 1.29 is 19.8 Å². The van der Waals surface area contributed by atoms with Crippen LogP contribution in [-0.2, 0) is 18.4 Å². The van der Waals surface area contributed by atoms with E-state index in [-0.39, 0.29) is 53.7 Å². The van der Waals surface area contributed by atoms with Gasteiger partial charge in [-0.1, -0.05) is 38.1 Å². The van der Waals surface area contributed by atoms with Gasteiger partial charge in [0.05, 0.1) is 12.2 Å². The van der Waals surface area contributed by atoms with E-state index in [4.69, 9.17) is 0 Å². The Morgan fingerprint density at radius 2 is 1.73 bits per heavy atom. The maximum Gasteiger partial charge on any atom is 0.254 e. The number of likely N-dealkylation sites (tertiary alicyclic amines) is 1. The van der Waals surface area contributed by atoms with E-state index in [0.29, 0.717) is 17.7 Å². The van der Waals surface area contributed by atoms with Crippen molar-refractivity contribution in [3.8, 4) is 0 Å². The molecule has 3 N–H and O–H groups in total. The number of carbonyl (C=O) groups is 2. The number of aliphatic hydroxyl groups excluding tert-OH is 2. The topological polar surface area (TPSA) is 93.1 Å². The van der Waals surface area contributed by atoms with E-state index in [1.807, 2.05) is 29.2 Å². The van der Waals surface area contributed by atoms with Crippen LogP contribution in [0.25, 0.3) is 0 Å². The molecule has 3 aliphatic heterocycles. The largest absolute Gasteiger partial charge is 0.393 e. The Balaban J connectivity index is 0.00000337. The molecule has 6 rings (SSSR count). The minimum atomic E-state index is -0.676. The molecular formula is C33H44ClN3O4. The average molecular weight is 582 g/mol. The number of amides is 2. The first-order chi connectivity index (χ1) is 19.1. The molecule has 4 aliphatic rings. The van der Waals surface area contributed by atoms with Crippen LogP contribution in [0.3, 0.4) is 0 Å². The van der Waals surface area contributed by atoms with Crippen molar-refractivity contribution in [3.63, 3.8) is 0 Å². The van der Waals surface area contributed by atoms with E-state index < -0.39 is 6.10 Å². The molecule has 2 atom stereocenters. The third kappa shape index (κ3) is 5.92. The molecular weight excluding hydrogens is 538 g/mol. The minimum absolute atomic E-state index is 0. The number of piperidine rings is 1. The molecule has 222 valence electrons. The van der Waals surface area contributed by atoms with Gasteiger partial charge in [0.2, 0.25) is 0 Å². The van der Waals surface area contributed by atoms with Crippen LogP contribution in [0, 0.1) is 5.41 Å². The predicted molar refractivity (Wildman–Crippen MR) is 161 cm³/mol. The van der Waals surface area contributed by atoms with Gasteiger partial charge in [-0.15, -0.1) is 12.4 Å². The molecule has 1 spiro atoms. The molecule has 0 unspecified atom stereocenters. The van der Waals surface area contributed by atoms with Crippen LogP contribution in [0.4, 0.5) is 0 Å².